The maximum Gasteiger partial charge on any atom is 0.0696 e. The molecule has 2 nitrogen and oxygen atoms in total. The van der Waals surface area contributed by atoms with Crippen LogP contribution in [0.2, 0.25) is 0 Å². The molecule has 1 unspecified atom stereocenters. The summed E-state index contributed by atoms with van der Waals surface area (Å²) in [6, 6.07) is 11.9. The highest BCUT2D eigenvalue weighted by molar-refractivity contribution is 6.02. The smallest absolute Gasteiger partial charge is 0.0696 e. The lowest BCUT2D eigenvalue weighted by Gasteiger charge is -2.05. The third-order valence-corrected chi connectivity index (χ3v) is 2.70. The van der Waals surface area contributed by atoms with Gasteiger partial charge >= 0.3 is 0 Å². The molecule has 0 aliphatic rings. The second kappa shape index (κ2) is 4.93. The standard InChI is InChI=1S/C15H15NO/c1-11(17)6-7-12-8-9-13(10-16)15-5-3-2-4-14(12)15/h2-11,16-17H,1H3/b7-6+,16-10?. The van der Waals surface area contributed by atoms with Crippen molar-refractivity contribution in [3.63, 3.8) is 0 Å². The van der Waals surface area contributed by atoms with Crippen LogP contribution in [-0.4, -0.2) is 17.4 Å². The third kappa shape index (κ3) is 2.43. The van der Waals surface area contributed by atoms with E-state index in [9.17, 15) is 5.11 Å². The Morgan fingerprint density at radius 2 is 1.65 bits per heavy atom. The summed E-state index contributed by atoms with van der Waals surface area (Å²) in [5.41, 5.74) is 1.97. The lowest BCUT2D eigenvalue weighted by Crippen LogP contribution is -1.92. The second-order valence-electron chi connectivity index (χ2n) is 4.03. The fourth-order valence-corrected chi connectivity index (χ4v) is 1.86. The number of hydrogen-bond donors (Lipinski definition) is 2. The van der Waals surface area contributed by atoms with Gasteiger partial charge in [-0.15, -0.1) is 0 Å². The molecule has 2 N–H and O–H groups in total. The van der Waals surface area contributed by atoms with Crippen LogP contribution in [0.3, 0.4) is 0 Å². The molecule has 0 aliphatic carbocycles. The first-order chi connectivity index (χ1) is 8.22. The Bertz CT molecular complexity index is 570. The molecule has 0 amide bonds. The lowest BCUT2D eigenvalue weighted by molar-refractivity contribution is 0.245. The summed E-state index contributed by atoms with van der Waals surface area (Å²) in [4.78, 5) is 0. The molecule has 2 rings (SSSR count). The Kier molecular flexibility index (Phi) is 3.35. The summed E-state index contributed by atoms with van der Waals surface area (Å²) in [6.07, 6.45) is 4.59. The Labute approximate surface area is 101 Å². The molecular formula is C15H15NO. The number of fused-ring (bicyclic) bond motifs is 1. The number of benzene rings is 2. The van der Waals surface area contributed by atoms with Gasteiger partial charge in [0.05, 0.1) is 6.10 Å². The Hall–Kier alpha value is -1.93. The second-order valence-corrected chi connectivity index (χ2v) is 4.03. The molecule has 0 spiro atoms. The molecule has 0 saturated heterocycles. The molecule has 0 saturated carbocycles. The predicted octanol–water partition coefficient (Wildman–Crippen LogP) is 3.23. The van der Waals surface area contributed by atoms with Crippen molar-refractivity contribution in [1.29, 1.82) is 5.41 Å². The minimum atomic E-state index is -0.448. The summed E-state index contributed by atoms with van der Waals surface area (Å²) < 4.78 is 0. The highest BCUT2D eigenvalue weighted by Gasteiger charge is 2.01. The number of aliphatic hydroxyl groups is 1. The van der Waals surface area contributed by atoms with Crippen molar-refractivity contribution in [2.45, 2.75) is 13.0 Å². The molecule has 0 aromatic heterocycles. The van der Waals surface area contributed by atoms with Crippen molar-refractivity contribution in [2.75, 3.05) is 0 Å². The molecule has 0 aliphatic heterocycles. The van der Waals surface area contributed by atoms with E-state index < -0.39 is 6.10 Å². The van der Waals surface area contributed by atoms with Crippen molar-refractivity contribution in [1.82, 2.24) is 0 Å². The van der Waals surface area contributed by atoms with Gasteiger partial charge in [-0.1, -0.05) is 48.6 Å². The first-order valence-corrected chi connectivity index (χ1v) is 5.61. The van der Waals surface area contributed by atoms with E-state index in [1.165, 1.54) is 6.21 Å². The number of aliphatic hydroxyl groups excluding tert-OH is 1. The molecular weight excluding hydrogens is 210 g/mol. The highest BCUT2D eigenvalue weighted by atomic mass is 16.3. The monoisotopic (exact) mass is 225 g/mol. The van der Waals surface area contributed by atoms with Gasteiger partial charge in [0.15, 0.2) is 0 Å². The first-order valence-electron chi connectivity index (χ1n) is 5.61. The van der Waals surface area contributed by atoms with Crippen molar-refractivity contribution < 1.29 is 5.11 Å². The summed E-state index contributed by atoms with van der Waals surface area (Å²) in [5.74, 6) is 0. The summed E-state index contributed by atoms with van der Waals surface area (Å²) in [5, 5.41) is 18.8. The van der Waals surface area contributed by atoms with Gasteiger partial charge < -0.3 is 10.5 Å². The van der Waals surface area contributed by atoms with E-state index in [2.05, 4.69) is 0 Å². The average Bonchev–Trinajstić information content (AvgIpc) is 2.35. The van der Waals surface area contributed by atoms with Gasteiger partial charge in [-0.2, -0.15) is 0 Å². The maximum absolute atomic E-state index is 9.26. The van der Waals surface area contributed by atoms with Crippen LogP contribution in [0.25, 0.3) is 16.8 Å². The minimum absolute atomic E-state index is 0.448. The highest BCUT2D eigenvalue weighted by Crippen LogP contribution is 2.23. The van der Waals surface area contributed by atoms with Crippen molar-refractivity contribution in [3.05, 3.63) is 53.6 Å². The average molecular weight is 225 g/mol. The van der Waals surface area contributed by atoms with Gasteiger partial charge in [-0.3, -0.25) is 0 Å². The van der Waals surface area contributed by atoms with Crippen LogP contribution in [0.15, 0.2) is 42.5 Å². The minimum Gasteiger partial charge on any atom is -0.389 e. The maximum atomic E-state index is 9.26. The quantitative estimate of drug-likeness (QED) is 0.774. The zero-order valence-electron chi connectivity index (χ0n) is 9.72. The molecule has 0 fully saturated rings. The fraction of sp³-hybridized carbons (Fsp3) is 0.133. The lowest BCUT2D eigenvalue weighted by atomic mass is 9.99. The van der Waals surface area contributed by atoms with Crippen molar-refractivity contribution in [3.8, 4) is 0 Å². The van der Waals surface area contributed by atoms with Gasteiger partial charge in [-0.25, -0.2) is 0 Å². The van der Waals surface area contributed by atoms with E-state index in [0.29, 0.717) is 0 Å². The number of rotatable bonds is 3. The fourth-order valence-electron chi connectivity index (χ4n) is 1.86. The number of nitrogens with one attached hydrogen (secondary N) is 1. The molecule has 2 heteroatoms. The normalized spacial score (nSPS) is 13.1. The van der Waals surface area contributed by atoms with Crippen LogP contribution in [-0.2, 0) is 0 Å². The molecule has 0 radical (unpaired) electrons. The molecule has 0 bridgehead atoms. The first kappa shape index (κ1) is 11.6. The molecule has 86 valence electrons. The van der Waals surface area contributed by atoms with E-state index in [-0.39, 0.29) is 0 Å². The van der Waals surface area contributed by atoms with Crippen molar-refractivity contribution in [2.24, 2.45) is 0 Å². The van der Waals surface area contributed by atoms with E-state index in [1.54, 1.807) is 13.0 Å². The zero-order valence-corrected chi connectivity index (χ0v) is 9.72. The number of hydrogen-bond acceptors (Lipinski definition) is 2. The zero-order chi connectivity index (χ0) is 12.3. The summed E-state index contributed by atoms with van der Waals surface area (Å²) >= 11 is 0. The topological polar surface area (TPSA) is 44.1 Å². The van der Waals surface area contributed by atoms with Gasteiger partial charge in [0.1, 0.15) is 0 Å². The van der Waals surface area contributed by atoms with Crippen LogP contribution in [0.1, 0.15) is 18.1 Å². The Morgan fingerprint density at radius 1 is 1.06 bits per heavy atom. The van der Waals surface area contributed by atoms with Crippen LogP contribution < -0.4 is 0 Å². The van der Waals surface area contributed by atoms with Crippen LogP contribution >= 0.6 is 0 Å². The summed E-state index contributed by atoms with van der Waals surface area (Å²) in [6.45, 7) is 1.73. The van der Waals surface area contributed by atoms with E-state index >= 15 is 0 Å². The van der Waals surface area contributed by atoms with E-state index in [1.807, 2.05) is 42.5 Å². The summed E-state index contributed by atoms with van der Waals surface area (Å²) in [7, 11) is 0. The van der Waals surface area contributed by atoms with Gasteiger partial charge in [0.2, 0.25) is 0 Å². The molecule has 0 heterocycles. The van der Waals surface area contributed by atoms with Crippen LogP contribution in [0.5, 0.6) is 0 Å². The van der Waals surface area contributed by atoms with Gasteiger partial charge in [0.25, 0.3) is 0 Å². The molecule has 2 aromatic rings. The van der Waals surface area contributed by atoms with Crippen LogP contribution in [0, 0.1) is 5.41 Å². The van der Waals surface area contributed by atoms with Crippen molar-refractivity contribution >= 4 is 23.1 Å². The Balaban J connectivity index is 2.62. The largest absolute Gasteiger partial charge is 0.389 e. The van der Waals surface area contributed by atoms with Gasteiger partial charge in [-0.05, 0) is 28.8 Å². The predicted molar refractivity (Wildman–Crippen MR) is 72.5 cm³/mol. The molecule has 17 heavy (non-hydrogen) atoms. The van der Waals surface area contributed by atoms with E-state index in [0.717, 1.165) is 21.9 Å². The van der Waals surface area contributed by atoms with E-state index in [4.69, 9.17) is 5.41 Å². The SMILES string of the molecule is CC(O)/C=C/c1ccc(C=N)c2ccccc12. The third-order valence-electron chi connectivity index (χ3n) is 2.70. The van der Waals surface area contributed by atoms with Gasteiger partial charge in [0, 0.05) is 6.21 Å². The molecule has 1 atom stereocenters. The van der Waals surface area contributed by atoms with Crippen LogP contribution in [0.4, 0.5) is 0 Å². The molecule has 2 aromatic carbocycles. The Morgan fingerprint density at radius 3 is 2.24 bits per heavy atom.